The third kappa shape index (κ3) is 3.98. The van der Waals surface area contributed by atoms with Crippen LogP contribution in [0.25, 0.3) is 0 Å². The van der Waals surface area contributed by atoms with Gasteiger partial charge >= 0.3 is 0 Å². The van der Waals surface area contributed by atoms with E-state index < -0.39 is 0 Å². The molecule has 0 unspecified atom stereocenters. The highest BCUT2D eigenvalue weighted by molar-refractivity contribution is 6.22. The largest absolute Gasteiger partial charge is 0.322 e. The predicted octanol–water partition coefficient (Wildman–Crippen LogP) is 4.70. The summed E-state index contributed by atoms with van der Waals surface area (Å²) in [5, 5.41) is 2.84. The van der Waals surface area contributed by atoms with Crippen molar-refractivity contribution in [1.82, 2.24) is 4.90 Å². The van der Waals surface area contributed by atoms with Gasteiger partial charge in [0.05, 0.1) is 11.1 Å². The lowest BCUT2D eigenvalue weighted by molar-refractivity contribution is 0.0647. The normalized spacial score (nSPS) is 13.4. The number of nitrogens with one attached hydrogen (secondary N) is 1. The molecular formula is C23H26N2O3. The molecule has 1 aliphatic heterocycles. The minimum atomic E-state index is -0.323. The van der Waals surface area contributed by atoms with Gasteiger partial charge in [-0.25, -0.2) is 0 Å². The first-order valence-electron chi connectivity index (χ1n) is 9.69. The molecule has 5 nitrogen and oxygen atoms in total. The van der Waals surface area contributed by atoms with Crippen molar-refractivity contribution in [2.75, 3.05) is 11.9 Å². The molecule has 3 rings (SSSR count). The highest BCUT2D eigenvalue weighted by Crippen LogP contribution is 2.25. The number of hydrogen-bond donors (Lipinski definition) is 1. The number of carbonyl (C=O) groups excluding carboxylic acids is 3. The van der Waals surface area contributed by atoms with Gasteiger partial charge in [0.2, 0.25) is 0 Å². The van der Waals surface area contributed by atoms with Gasteiger partial charge in [0, 0.05) is 17.8 Å². The van der Waals surface area contributed by atoms with E-state index in [1.165, 1.54) is 16.5 Å². The van der Waals surface area contributed by atoms with Crippen LogP contribution in [0.1, 0.15) is 76.7 Å². The summed E-state index contributed by atoms with van der Waals surface area (Å²) in [4.78, 5) is 39.0. The summed E-state index contributed by atoms with van der Waals surface area (Å²) in [6.45, 7) is 8.72. The standard InChI is InChI=1S/C23H26N2O3/c1-14(2)11-12-25-22(27)19-10-7-17(13-20(19)23(25)28)21(26)24-18-8-5-16(6-9-18)15(3)4/h5-10,13-15H,11-12H2,1-4H3,(H,24,26). The Kier molecular flexibility index (Phi) is 5.63. The van der Waals surface area contributed by atoms with E-state index in [1.54, 1.807) is 12.1 Å². The molecule has 0 aromatic heterocycles. The van der Waals surface area contributed by atoms with E-state index in [1.807, 2.05) is 38.1 Å². The smallest absolute Gasteiger partial charge is 0.261 e. The predicted molar refractivity (Wildman–Crippen MR) is 110 cm³/mol. The summed E-state index contributed by atoms with van der Waals surface area (Å²) in [5.74, 6) is -0.0918. The topological polar surface area (TPSA) is 66.5 Å². The summed E-state index contributed by atoms with van der Waals surface area (Å²) >= 11 is 0. The Hall–Kier alpha value is -2.95. The Morgan fingerprint density at radius 1 is 0.929 bits per heavy atom. The fourth-order valence-electron chi connectivity index (χ4n) is 3.18. The summed E-state index contributed by atoms with van der Waals surface area (Å²) in [7, 11) is 0. The molecule has 5 heteroatoms. The van der Waals surface area contributed by atoms with Gasteiger partial charge in [0.15, 0.2) is 0 Å². The van der Waals surface area contributed by atoms with E-state index in [-0.39, 0.29) is 17.7 Å². The van der Waals surface area contributed by atoms with Crippen molar-refractivity contribution >= 4 is 23.4 Å². The summed E-state index contributed by atoms with van der Waals surface area (Å²) in [6, 6.07) is 12.4. The van der Waals surface area contributed by atoms with E-state index in [9.17, 15) is 14.4 Å². The minimum absolute atomic E-state index is 0.281. The van der Waals surface area contributed by atoms with Crippen LogP contribution >= 0.6 is 0 Å². The zero-order valence-corrected chi connectivity index (χ0v) is 16.8. The molecule has 28 heavy (non-hydrogen) atoms. The molecule has 0 saturated carbocycles. The molecule has 0 atom stereocenters. The Morgan fingerprint density at radius 3 is 2.18 bits per heavy atom. The van der Waals surface area contributed by atoms with Crippen LogP contribution in [0.15, 0.2) is 42.5 Å². The molecule has 2 aromatic carbocycles. The maximum absolute atomic E-state index is 12.6. The first kappa shape index (κ1) is 19.8. The molecular weight excluding hydrogens is 352 g/mol. The van der Waals surface area contributed by atoms with Crippen molar-refractivity contribution in [2.24, 2.45) is 5.92 Å². The highest BCUT2D eigenvalue weighted by Gasteiger charge is 2.35. The van der Waals surface area contributed by atoms with Crippen LogP contribution in [-0.2, 0) is 0 Å². The lowest BCUT2D eigenvalue weighted by atomic mass is 10.0. The SMILES string of the molecule is CC(C)CCN1C(=O)c2ccc(C(=O)Nc3ccc(C(C)C)cc3)cc2C1=O. The zero-order valence-electron chi connectivity index (χ0n) is 16.8. The lowest BCUT2D eigenvalue weighted by Crippen LogP contribution is -2.31. The zero-order chi connectivity index (χ0) is 20.4. The van der Waals surface area contributed by atoms with E-state index in [4.69, 9.17) is 0 Å². The van der Waals surface area contributed by atoms with Gasteiger partial charge in [0.25, 0.3) is 17.7 Å². The molecule has 1 heterocycles. The molecule has 146 valence electrons. The summed E-state index contributed by atoms with van der Waals surface area (Å²) in [6.07, 6.45) is 0.755. The molecule has 0 aliphatic carbocycles. The third-order valence-electron chi connectivity index (χ3n) is 5.00. The number of rotatable bonds is 6. The van der Waals surface area contributed by atoms with Crippen molar-refractivity contribution in [1.29, 1.82) is 0 Å². The Labute approximate surface area is 165 Å². The molecule has 1 N–H and O–H groups in total. The van der Waals surface area contributed by atoms with Crippen LogP contribution in [0.2, 0.25) is 0 Å². The Bertz CT molecular complexity index is 914. The monoisotopic (exact) mass is 378 g/mol. The van der Waals surface area contributed by atoms with Crippen molar-refractivity contribution in [3.63, 3.8) is 0 Å². The second-order valence-corrected chi connectivity index (χ2v) is 7.94. The van der Waals surface area contributed by atoms with Crippen molar-refractivity contribution < 1.29 is 14.4 Å². The molecule has 2 aromatic rings. The first-order valence-corrected chi connectivity index (χ1v) is 9.69. The number of anilines is 1. The van der Waals surface area contributed by atoms with Gasteiger partial charge in [-0.1, -0.05) is 39.8 Å². The van der Waals surface area contributed by atoms with E-state index in [2.05, 4.69) is 19.2 Å². The highest BCUT2D eigenvalue weighted by atomic mass is 16.2. The Balaban J connectivity index is 1.76. The molecule has 0 fully saturated rings. The maximum Gasteiger partial charge on any atom is 0.261 e. The quantitative estimate of drug-likeness (QED) is 0.741. The maximum atomic E-state index is 12.6. The summed E-state index contributed by atoms with van der Waals surface area (Å²) in [5.41, 5.74) is 2.92. The summed E-state index contributed by atoms with van der Waals surface area (Å²) < 4.78 is 0. The van der Waals surface area contributed by atoms with Crippen LogP contribution in [0, 0.1) is 5.92 Å². The van der Waals surface area contributed by atoms with Gasteiger partial charge in [-0.05, 0) is 54.2 Å². The second-order valence-electron chi connectivity index (χ2n) is 7.94. The van der Waals surface area contributed by atoms with Crippen LogP contribution in [-0.4, -0.2) is 29.2 Å². The average Bonchev–Trinajstić information content (AvgIpc) is 2.90. The third-order valence-corrected chi connectivity index (χ3v) is 5.00. The van der Waals surface area contributed by atoms with Gasteiger partial charge in [0.1, 0.15) is 0 Å². The van der Waals surface area contributed by atoms with Crippen molar-refractivity contribution in [3.8, 4) is 0 Å². The van der Waals surface area contributed by atoms with E-state index in [0.717, 1.165) is 6.42 Å². The number of hydrogen-bond acceptors (Lipinski definition) is 3. The fraction of sp³-hybridized carbons (Fsp3) is 0.348. The van der Waals surface area contributed by atoms with Crippen LogP contribution in [0.3, 0.4) is 0 Å². The van der Waals surface area contributed by atoms with Gasteiger partial charge in [-0.15, -0.1) is 0 Å². The fourth-order valence-corrected chi connectivity index (χ4v) is 3.18. The second kappa shape index (κ2) is 7.97. The lowest BCUT2D eigenvalue weighted by Gasteiger charge is -2.14. The van der Waals surface area contributed by atoms with E-state index in [0.29, 0.717) is 40.8 Å². The van der Waals surface area contributed by atoms with Crippen LogP contribution in [0.5, 0.6) is 0 Å². The molecule has 0 spiro atoms. The number of fused-ring (bicyclic) bond motifs is 1. The first-order chi connectivity index (χ1) is 13.3. The number of imide groups is 1. The van der Waals surface area contributed by atoms with Crippen molar-refractivity contribution in [3.05, 3.63) is 64.7 Å². The van der Waals surface area contributed by atoms with Gasteiger partial charge in [-0.2, -0.15) is 0 Å². The van der Waals surface area contributed by atoms with Gasteiger partial charge < -0.3 is 5.32 Å². The van der Waals surface area contributed by atoms with Crippen LogP contribution in [0.4, 0.5) is 5.69 Å². The van der Waals surface area contributed by atoms with Crippen molar-refractivity contribution in [2.45, 2.75) is 40.0 Å². The number of carbonyl (C=O) groups is 3. The molecule has 0 saturated heterocycles. The number of amides is 3. The molecule has 0 bridgehead atoms. The minimum Gasteiger partial charge on any atom is -0.322 e. The van der Waals surface area contributed by atoms with Crippen LogP contribution < -0.4 is 5.32 Å². The molecule has 1 aliphatic rings. The van der Waals surface area contributed by atoms with Gasteiger partial charge in [-0.3, -0.25) is 19.3 Å². The number of benzene rings is 2. The number of nitrogens with zero attached hydrogens (tertiary/aromatic N) is 1. The molecule has 3 amide bonds. The molecule has 0 radical (unpaired) electrons. The Morgan fingerprint density at radius 2 is 1.57 bits per heavy atom. The van der Waals surface area contributed by atoms with E-state index >= 15 is 0 Å². The average molecular weight is 378 g/mol.